The van der Waals surface area contributed by atoms with Crippen LogP contribution in [-0.4, -0.2) is 24.9 Å². The first-order valence-electron chi connectivity index (χ1n) is 9.79. The summed E-state index contributed by atoms with van der Waals surface area (Å²) < 4.78 is 30.0. The van der Waals surface area contributed by atoms with Crippen LogP contribution in [0.5, 0.6) is 11.5 Å². The lowest BCUT2D eigenvalue weighted by atomic mass is 10.1. The van der Waals surface area contributed by atoms with Gasteiger partial charge in [-0.05, 0) is 89.7 Å². The number of ether oxygens (including phenoxy) is 3. The molecule has 33 heavy (non-hydrogen) atoms. The van der Waals surface area contributed by atoms with Crippen LogP contribution in [0.3, 0.4) is 0 Å². The highest BCUT2D eigenvalue weighted by molar-refractivity contribution is 14.1. The Balaban J connectivity index is 1.61. The van der Waals surface area contributed by atoms with E-state index in [1.165, 1.54) is 37.5 Å². The number of methoxy groups -OCH3 is 1. The van der Waals surface area contributed by atoms with E-state index in [-0.39, 0.29) is 17.3 Å². The second-order valence-electron chi connectivity index (χ2n) is 7.13. The fourth-order valence-electron chi connectivity index (χ4n) is 3.05. The Bertz CT molecular complexity index is 1300. The second kappa shape index (κ2) is 9.53. The molecule has 0 amide bonds. The fraction of sp³-hybridized carbons (Fsp3) is 0.0800. The molecule has 0 bridgehead atoms. The van der Waals surface area contributed by atoms with Crippen molar-refractivity contribution in [1.82, 2.24) is 0 Å². The molecule has 0 N–H and O–H groups in total. The third-order valence-electron chi connectivity index (χ3n) is 4.75. The molecule has 0 aliphatic carbocycles. The summed E-state index contributed by atoms with van der Waals surface area (Å²) in [6.07, 6.45) is 1.54. The van der Waals surface area contributed by atoms with Crippen molar-refractivity contribution in [2.24, 2.45) is 4.99 Å². The van der Waals surface area contributed by atoms with Crippen molar-refractivity contribution in [3.8, 4) is 11.5 Å². The summed E-state index contributed by atoms with van der Waals surface area (Å²) in [5.74, 6) is -0.845. The highest BCUT2D eigenvalue weighted by atomic mass is 127. The lowest BCUT2D eigenvalue weighted by Gasteiger charge is -2.12. The molecule has 0 radical (unpaired) electrons. The average molecular weight is 557 g/mol. The van der Waals surface area contributed by atoms with E-state index in [1.54, 1.807) is 24.3 Å². The number of benzene rings is 3. The van der Waals surface area contributed by atoms with Crippen LogP contribution in [-0.2, 0) is 9.53 Å². The molecule has 1 aliphatic heterocycles. The van der Waals surface area contributed by atoms with Gasteiger partial charge in [0.15, 0.2) is 17.2 Å². The van der Waals surface area contributed by atoms with Gasteiger partial charge in [0.1, 0.15) is 5.82 Å². The van der Waals surface area contributed by atoms with Crippen LogP contribution >= 0.6 is 22.6 Å². The number of halogens is 2. The first-order chi connectivity index (χ1) is 15.8. The summed E-state index contributed by atoms with van der Waals surface area (Å²) in [7, 11) is 1.46. The first kappa shape index (κ1) is 22.7. The molecule has 8 heteroatoms. The van der Waals surface area contributed by atoms with Gasteiger partial charge in [0.2, 0.25) is 5.90 Å². The Hall–Kier alpha value is -3.53. The van der Waals surface area contributed by atoms with Gasteiger partial charge < -0.3 is 14.2 Å². The predicted octanol–water partition coefficient (Wildman–Crippen LogP) is 5.31. The lowest BCUT2D eigenvalue weighted by molar-refractivity contribution is -0.129. The summed E-state index contributed by atoms with van der Waals surface area (Å²) in [5.41, 5.74) is 2.62. The predicted molar refractivity (Wildman–Crippen MR) is 129 cm³/mol. The third-order valence-corrected chi connectivity index (χ3v) is 5.55. The quantitative estimate of drug-likeness (QED) is 0.184. The minimum Gasteiger partial charge on any atom is -0.493 e. The molecular weight excluding hydrogens is 540 g/mol. The molecule has 3 aromatic rings. The van der Waals surface area contributed by atoms with Crippen molar-refractivity contribution < 1.29 is 28.2 Å². The molecule has 0 saturated carbocycles. The zero-order chi connectivity index (χ0) is 23.5. The number of nitrogens with zero attached hydrogens (tertiary/aromatic N) is 1. The SMILES string of the molecule is COc1cc(/C=C2\N=C(c3ccc(F)cc3)OC2=O)cc(I)c1OC(=O)c1ccc(C)cc1. The number of carbonyl (C=O) groups is 2. The summed E-state index contributed by atoms with van der Waals surface area (Å²) >= 11 is 2.03. The van der Waals surface area contributed by atoms with Gasteiger partial charge in [-0.3, -0.25) is 0 Å². The molecule has 0 saturated heterocycles. The number of carbonyl (C=O) groups excluding carboxylic acids is 2. The minimum absolute atomic E-state index is 0.0802. The van der Waals surface area contributed by atoms with Crippen molar-refractivity contribution >= 4 is 46.5 Å². The van der Waals surface area contributed by atoms with E-state index in [4.69, 9.17) is 14.2 Å². The van der Waals surface area contributed by atoms with Crippen LogP contribution < -0.4 is 9.47 Å². The summed E-state index contributed by atoms with van der Waals surface area (Å²) in [4.78, 5) is 29.1. The molecule has 166 valence electrons. The monoisotopic (exact) mass is 557 g/mol. The Morgan fingerprint density at radius 1 is 1.09 bits per heavy atom. The van der Waals surface area contributed by atoms with Crippen LogP contribution in [0.15, 0.2) is 71.4 Å². The maximum Gasteiger partial charge on any atom is 0.363 e. The zero-order valence-corrected chi connectivity index (χ0v) is 19.8. The Morgan fingerprint density at radius 2 is 1.79 bits per heavy atom. The average Bonchev–Trinajstić information content (AvgIpc) is 3.16. The molecule has 0 spiro atoms. The smallest absolute Gasteiger partial charge is 0.363 e. The summed E-state index contributed by atoms with van der Waals surface area (Å²) in [6.45, 7) is 1.93. The molecule has 0 fully saturated rings. The van der Waals surface area contributed by atoms with Crippen LogP contribution in [0.4, 0.5) is 4.39 Å². The number of aliphatic imine (C=N–C) groups is 1. The van der Waals surface area contributed by atoms with Gasteiger partial charge in [0, 0.05) is 5.56 Å². The minimum atomic E-state index is -0.627. The summed E-state index contributed by atoms with van der Waals surface area (Å²) in [5, 5.41) is 0. The topological polar surface area (TPSA) is 74.2 Å². The van der Waals surface area contributed by atoms with E-state index in [1.807, 2.05) is 41.6 Å². The van der Waals surface area contributed by atoms with Gasteiger partial charge in [-0.1, -0.05) is 17.7 Å². The molecule has 1 heterocycles. The number of rotatable bonds is 5. The Labute approximate surface area is 202 Å². The van der Waals surface area contributed by atoms with Crippen molar-refractivity contribution in [3.05, 3.63) is 98.0 Å². The number of cyclic esters (lactones) is 1. The van der Waals surface area contributed by atoms with Crippen molar-refractivity contribution in [3.63, 3.8) is 0 Å². The first-order valence-corrected chi connectivity index (χ1v) is 10.9. The van der Waals surface area contributed by atoms with Gasteiger partial charge in [0.25, 0.3) is 0 Å². The lowest BCUT2D eigenvalue weighted by Crippen LogP contribution is -2.10. The van der Waals surface area contributed by atoms with Crippen molar-refractivity contribution in [2.45, 2.75) is 6.92 Å². The highest BCUT2D eigenvalue weighted by Gasteiger charge is 2.25. The van der Waals surface area contributed by atoms with Crippen LogP contribution in [0.25, 0.3) is 6.08 Å². The molecule has 1 aliphatic rings. The fourth-order valence-corrected chi connectivity index (χ4v) is 3.78. The van der Waals surface area contributed by atoms with E-state index in [2.05, 4.69) is 4.99 Å². The van der Waals surface area contributed by atoms with Gasteiger partial charge in [-0.2, -0.15) is 0 Å². The molecule has 4 rings (SSSR count). The largest absolute Gasteiger partial charge is 0.493 e. The van der Waals surface area contributed by atoms with Crippen molar-refractivity contribution in [2.75, 3.05) is 7.11 Å². The Kier molecular flexibility index (Phi) is 6.55. The molecular formula is C25H17FINO5. The number of hydrogen-bond donors (Lipinski definition) is 0. The molecule has 0 atom stereocenters. The highest BCUT2D eigenvalue weighted by Crippen LogP contribution is 2.35. The van der Waals surface area contributed by atoms with E-state index >= 15 is 0 Å². The van der Waals surface area contributed by atoms with E-state index in [0.29, 0.717) is 26.0 Å². The molecule has 0 aromatic heterocycles. The van der Waals surface area contributed by atoms with Crippen molar-refractivity contribution in [1.29, 1.82) is 0 Å². The van der Waals surface area contributed by atoms with E-state index in [0.717, 1.165) is 5.56 Å². The standard InChI is InChI=1S/C25H17FINO5/c1-14-3-5-17(6-4-14)24(29)32-22-19(27)11-15(13-21(22)31-2)12-20-25(30)33-23(28-20)16-7-9-18(26)10-8-16/h3-13H,1-2H3/b20-12-. The number of esters is 2. The second-order valence-corrected chi connectivity index (χ2v) is 8.29. The van der Waals surface area contributed by atoms with Crippen LogP contribution in [0.2, 0.25) is 0 Å². The van der Waals surface area contributed by atoms with Gasteiger partial charge in [-0.25, -0.2) is 19.0 Å². The van der Waals surface area contributed by atoms with E-state index < -0.39 is 17.8 Å². The van der Waals surface area contributed by atoms with Crippen LogP contribution in [0.1, 0.15) is 27.0 Å². The van der Waals surface area contributed by atoms with Gasteiger partial charge >= 0.3 is 11.9 Å². The zero-order valence-electron chi connectivity index (χ0n) is 17.6. The van der Waals surface area contributed by atoms with E-state index in [9.17, 15) is 14.0 Å². The Morgan fingerprint density at radius 3 is 2.45 bits per heavy atom. The summed E-state index contributed by atoms with van der Waals surface area (Å²) in [6, 6.07) is 15.9. The number of aryl methyl sites for hydroxylation is 1. The molecule has 3 aromatic carbocycles. The molecule has 0 unspecified atom stereocenters. The maximum atomic E-state index is 13.1. The van der Waals surface area contributed by atoms with Gasteiger partial charge in [-0.15, -0.1) is 0 Å². The normalized spacial score (nSPS) is 14.1. The third kappa shape index (κ3) is 5.11. The maximum absolute atomic E-state index is 13.1. The van der Waals surface area contributed by atoms with Crippen LogP contribution in [0, 0.1) is 16.3 Å². The number of hydrogen-bond acceptors (Lipinski definition) is 6. The van der Waals surface area contributed by atoms with Gasteiger partial charge in [0.05, 0.1) is 16.2 Å². The molecule has 6 nitrogen and oxygen atoms in total.